The number of aromatic amines is 2. The zero-order valence-electron chi connectivity index (χ0n) is 37.4. The monoisotopic (exact) mass is 1000 g/mol. The standard InChI is InChI=1S/C21H29N6O7PS.C10H13N5O2.C8H11N5O3/c1-21(2,30)19(29)36-11-10-34-35(31,24-12-15-6-4-3-5-7-15)33-9-8-32-14-27-13-23-16-17(27)25-20(22)26-18(16)28;11-9-8-10(13-4-12-9)15(5-14-8)7-2-1-6(3-16)17-7;9-8-11-6-5(7(15)12-8)10-3-13(6)4-16-2-1-14/h3-7,13,30H,8-12,14H2,1-2H3,(H,24,31)(H3,22,25,26,28);4-7,16H,1-3H2,(H2,11,12,13);3,14H,1-2,4H2,(H3,9,11,12,15)/t;6-,7+;/m.1./s1. The molecule has 0 spiro atoms. The van der Waals surface area contributed by atoms with Gasteiger partial charge in [-0.25, -0.2) is 34.6 Å². The SMILES string of the molecule is CC(C)(O)C(=O)SCCOP(=O)(NCc1ccccc1)OCCOCn1cnc2c(=O)[nH]c(N)nc21.Nc1nc2c(ncn2COCCO)c(=O)[nH]1.Nc1ncnc2c1ncn2[C@@H]1CC[C@H](CO)O1. The number of imidazole rings is 3. The molecule has 6 aromatic heterocycles. The van der Waals surface area contributed by atoms with Gasteiger partial charge in [-0.2, -0.15) is 9.97 Å². The second-order valence-corrected chi connectivity index (χ2v) is 18.1. The molecule has 28 nitrogen and oxygen atoms in total. The van der Waals surface area contributed by atoms with Crippen LogP contribution in [0, 0.1) is 0 Å². The van der Waals surface area contributed by atoms with Crippen molar-refractivity contribution < 1.29 is 47.9 Å². The van der Waals surface area contributed by atoms with E-state index in [4.69, 9.17) is 50.7 Å². The topological polar surface area (TPSA) is 402 Å². The van der Waals surface area contributed by atoms with E-state index in [-0.39, 0.29) is 112 Å². The fourth-order valence-electron chi connectivity index (χ4n) is 6.22. The summed E-state index contributed by atoms with van der Waals surface area (Å²) in [4.78, 5) is 68.0. The summed E-state index contributed by atoms with van der Waals surface area (Å²) in [6, 6.07) is 9.30. The second kappa shape index (κ2) is 24.4. The summed E-state index contributed by atoms with van der Waals surface area (Å²) in [5.74, 6) is 0.539. The Morgan fingerprint density at radius 3 is 2.04 bits per heavy atom. The van der Waals surface area contributed by atoms with E-state index >= 15 is 0 Å². The molecule has 372 valence electrons. The number of carbonyl (C=O) groups excluding carboxylic acids is 1. The molecule has 3 atom stereocenters. The lowest BCUT2D eigenvalue weighted by Gasteiger charge is -2.20. The van der Waals surface area contributed by atoms with Gasteiger partial charge in [-0.1, -0.05) is 42.1 Å². The van der Waals surface area contributed by atoms with E-state index in [1.807, 2.05) is 34.9 Å². The minimum atomic E-state index is -3.75. The van der Waals surface area contributed by atoms with Crippen LogP contribution in [0.15, 0.2) is 65.2 Å². The average Bonchev–Trinajstić information content (AvgIpc) is 4.15. The van der Waals surface area contributed by atoms with E-state index in [1.54, 1.807) is 6.33 Å². The van der Waals surface area contributed by atoms with Gasteiger partial charge in [0.1, 0.15) is 37.1 Å². The number of nitrogens with one attached hydrogen (secondary N) is 3. The number of hydrogen-bond donors (Lipinski definition) is 9. The quantitative estimate of drug-likeness (QED) is 0.0368. The number of thioether (sulfide) groups is 1. The van der Waals surface area contributed by atoms with Crippen molar-refractivity contribution >= 4 is 75.8 Å². The third-order valence-corrected chi connectivity index (χ3v) is 12.3. The first-order chi connectivity index (χ1) is 33.1. The number of fused-ring (bicyclic) bond motifs is 3. The van der Waals surface area contributed by atoms with Crippen LogP contribution in [0.3, 0.4) is 0 Å². The molecule has 1 unspecified atom stereocenters. The Morgan fingerprint density at radius 1 is 0.841 bits per heavy atom. The number of benzene rings is 1. The van der Waals surface area contributed by atoms with Crippen LogP contribution in [-0.2, 0) is 52.6 Å². The zero-order chi connectivity index (χ0) is 49.6. The van der Waals surface area contributed by atoms with Gasteiger partial charge < -0.3 is 46.7 Å². The van der Waals surface area contributed by atoms with Crippen molar-refractivity contribution in [3.8, 4) is 0 Å². The van der Waals surface area contributed by atoms with Crippen molar-refractivity contribution in [1.29, 1.82) is 0 Å². The Kier molecular flexibility index (Phi) is 18.4. The second-order valence-electron chi connectivity index (χ2n) is 15.2. The first-order valence-corrected chi connectivity index (χ1v) is 23.6. The number of anilines is 3. The summed E-state index contributed by atoms with van der Waals surface area (Å²) in [5.41, 5.74) is 17.5. The van der Waals surface area contributed by atoms with Crippen molar-refractivity contribution in [2.45, 2.75) is 64.6 Å². The molecule has 1 fully saturated rings. The van der Waals surface area contributed by atoms with Crippen LogP contribution < -0.4 is 33.4 Å². The number of nitrogen functional groups attached to an aromatic ring is 3. The van der Waals surface area contributed by atoms with E-state index in [0.717, 1.165) is 30.2 Å². The van der Waals surface area contributed by atoms with Crippen LogP contribution in [-0.4, -0.2) is 136 Å². The highest BCUT2D eigenvalue weighted by atomic mass is 32.2. The van der Waals surface area contributed by atoms with Gasteiger partial charge in [0.25, 0.3) is 11.1 Å². The average molecular weight is 1000 g/mol. The normalized spacial score (nSPS) is 15.7. The predicted octanol–water partition coefficient (Wildman–Crippen LogP) is 0.384. The lowest BCUT2D eigenvalue weighted by Crippen LogP contribution is -2.29. The highest BCUT2D eigenvalue weighted by Crippen LogP contribution is 2.44. The number of aliphatic hydroxyl groups excluding tert-OH is 2. The van der Waals surface area contributed by atoms with Crippen molar-refractivity contribution in [2.75, 3.05) is 62.6 Å². The third-order valence-electron chi connectivity index (χ3n) is 9.55. The molecule has 0 aliphatic carbocycles. The molecule has 7 aromatic rings. The van der Waals surface area contributed by atoms with Crippen LogP contribution in [0.2, 0.25) is 0 Å². The molecule has 30 heteroatoms. The van der Waals surface area contributed by atoms with Gasteiger partial charge in [-0.15, -0.1) is 0 Å². The Balaban J connectivity index is 0.000000194. The van der Waals surface area contributed by atoms with E-state index in [1.165, 1.54) is 42.0 Å². The molecule has 0 radical (unpaired) electrons. The van der Waals surface area contributed by atoms with Gasteiger partial charge in [0.05, 0.1) is 64.7 Å². The van der Waals surface area contributed by atoms with Crippen LogP contribution >= 0.6 is 19.5 Å². The molecular weight excluding hydrogens is 948 g/mol. The molecule has 7 heterocycles. The number of nitrogens with zero attached hydrogens (tertiary/aromatic N) is 10. The number of hydrogen-bond acceptors (Lipinski definition) is 23. The molecule has 0 amide bonds. The van der Waals surface area contributed by atoms with Crippen molar-refractivity contribution in [1.82, 2.24) is 63.6 Å². The maximum absolute atomic E-state index is 13.2. The summed E-state index contributed by atoms with van der Waals surface area (Å²) < 4.78 is 45.4. The lowest BCUT2D eigenvalue weighted by atomic mass is 10.2. The van der Waals surface area contributed by atoms with Crippen LogP contribution in [0.1, 0.15) is 38.5 Å². The molecule has 1 aliphatic rings. The van der Waals surface area contributed by atoms with Crippen molar-refractivity contribution in [3.63, 3.8) is 0 Å². The van der Waals surface area contributed by atoms with E-state index in [9.17, 15) is 24.1 Å². The summed E-state index contributed by atoms with van der Waals surface area (Å²) in [5, 5.41) is 29.7. The molecule has 1 aromatic carbocycles. The molecule has 1 saturated heterocycles. The van der Waals surface area contributed by atoms with Crippen LogP contribution in [0.25, 0.3) is 33.5 Å². The van der Waals surface area contributed by atoms with Gasteiger partial charge in [-0.05, 0) is 32.3 Å². The van der Waals surface area contributed by atoms with E-state index in [0.29, 0.717) is 22.6 Å². The largest absolute Gasteiger partial charge is 0.405 e. The number of ether oxygens (including phenoxy) is 3. The smallest absolute Gasteiger partial charge is 0.394 e. The maximum atomic E-state index is 13.2. The van der Waals surface area contributed by atoms with Crippen LogP contribution in [0.5, 0.6) is 0 Å². The fraction of sp³-hybridized carbons (Fsp3) is 0.436. The maximum Gasteiger partial charge on any atom is 0.405 e. The van der Waals surface area contributed by atoms with E-state index < -0.39 is 24.0 Å². The molecule has 12 N–H and O–H groups in total. The summed E-state index contributed by atoms with van der Waals surface area (Å²) in [7, 11) is -3.75. The lowest BCUT2D eigenvalue weighted by molar-refractivity contribution is -0.124. The number of carbonyl (C=O) groups is 1. The van der Waals surface area contributed by atoms with Gasteiger partial charge in [-0.3, -0.25) is 47.1 Å². The van der Waals surface area contributed by atoms with Crippen molar-refractivity contribution in [3.05, 3.63) is 81.9 Å². The number of aromatic nitrogens is 12. The Bertz CT molecular complexity index is 2940. The number of aliphatic hydroxyl groups is 3. The van der Waals surface area contributed by atoms with E-state index in [2.05, 4.69) is 49.9 Å². The zero-order valence-corrected chi connectivity index (χ0v) is 39.1. The number of rotatable bonds is 20. The Labute approximate surface area is 395 Å². The molecule has 0 bridgehead atoms. The minimum absolute atomic E-state index is 0.00799. The molecular formula is C39H53N16O12PS. The molecule has 1 aliphatic heterocycles. The summed E-state index contributed by atoms with van der Waals surface area (Å²) in [6.07, 6.45) is 7.33. The third kappa shape index (κ3) is 14.4. The van der Waals surface area contributed by atoms with Gasteiger partial charge in [0.2, 0.25) is 17.0 Å². The Morgan fingerprint density at radius 2 is 1.45 bits per heavy atom. The molecule has 69 heavy (non-hydrogen) atoms. The fourth-order valence-corrected chi connectivity index (χ4v) is 8.33. The summed E-state index contributed by atoms with van der Waals surface area (Å²) in [6.45, 7) is 3.31. The summed E-state index contributed by atoms with van der Waals surface area (Å²) >= 11 is 0.881. The predicted molar refractivity (Wildman–Crippen MR) is 251 cm³/mol. The Hall–Kier alpha value is -6.24. The number of H-pyrrole nitrogens is 2. The van der Waals surface area contributed by atoms with Gasteiger partial charge in [0.15, 0.2) is 33.8 Å². The first-order valence-electron chi connectivity index (χ1n) is 21.0. The van der Waals surface area contributed by atoms with Gasteiger partial charge >= 0.3 is 7.75 Å². The molecule has 0 saturated carbocycles. The van der Waals surface area contributed by atoms with Crippen LogP contribution in [0.4, 0.5) is 17.7 Å². The van der Waals surface area contributed by atoms with Crippen molar-refractivity contribution in [2.24, 2.45) is 0 Å². The highest BCUT2D eigenvalue weighted by molar-refractivity contribution is 8.13. The minimum Gasteiger partial charge on any atom is -0.394 e. The first kappa shape index (κ1) is 52.1. The van der Waals surface area contributed by atoms with Gasteiger partial charge in [0, 0.05) is 12.3 Å². The number of nitrogens with two attached hydrogens (primary N) is 3. The highest BCUT2D eigenvalue weighted by Gasteiger charge is 2.29. The molecule has 8 rings (SSSR count).